The normalized spacial score (nSPS) is 21.8. The Balaban J connectivity index is 1.73. The Morgan fingerprint density at radius 3 is 2.86 bits per heavy atom. The summed E-state index contributed by atoms with van der Waals surface area (Å²) in [5.74, 6) is 2.17. The largest absolute Gasteiger partial charge is 0.369 e. The van der Waals surface area contributed by atoms with Gasteiger partial charge in [0.25, 0.3) is 5.91 Å². The van der Waals surface area contributed by atoms with Gasteiger partial charge < -0.3 is 10.6 Å². The van der Waals surface area contributed by atoms with E-state index in [-0.39, 0.29) is 5.91 Å². The van der Waals surface area contributed by atoms with Crippen LogP contribution in [0.25, 0.3) is 0 Å². The zero-order valence-electron chi connectivity index (χ0n) is 13.1. The number of nitrogens with zero attached hydrogens (tertiary/aromatic N) is 2. The maximum atomic E-state index is 12.0. The molecule has 1 aliphatic rings. The van der Waals surface area contributed by atoms with Gasteiger partial charge in [0.1, 0.15) is 11.5 Å². The topological polar surface area (TPSA) is 66.9 Å². The molecule has 116 valence electrons. The van der Waals surface area contributed by atoms with Gasteiger partial charge in [0, 0.05) is 13.1 Å². The zero-order valence-corrected chi connectivity index (χ0v) is 13.1. The summed E-state index contributed by atoms with van der Waals surface area (Å²) in [6, 6.07) is 0. The van der Waals surface area contributed by atoms with Crippen molar-refractivity contribution in [3.05, 3.63) is 18.1 Å². The number of anilines is 1. The molecular weight excluding hydrogens is 264 g/mol. The average molecular weight is 290 g/mol. The maximum absolute atomic E-state index is 12.0. The van der Waals surface area contributed by atoms with Gasteiger partial charge in [-0.15, -0.1) is 0 Å². The van der Waals surface area contributed by atoms with Crippen molar-refractivity contribution < 1.29 is 4.79 Å². The molecule has 1 amide bonds. The monoisotopic (exact) mass is 290 g/mol. The molecule has 1 aromatic heterocycles. The van der Waals surface area contributed by atoms with E-state index in [4.69, 9.17) is 0 Å². The first-order valence-corrected chi connectivity index (χ1v) is 8.03. The van der Waals surface area contributed by atoms with Gasteiger partial charge in [0.2, 0.25) is 0 Å². The Hall–Kier alpha value is -1.65. The van der Waals surface area contributed by atoms with E-state index in [1.165, 1.54) is 31.9 Å². The predicted octanol–water partition coefficient (Wildman–Crippen LogP) is 2.85. The molecular formula is C16H26N4O. The first kappa shape index (κ1) is 15.7. The van der Waals surface area contributed by atoms with E-state index in [9.17, 15) is 4.79 Å². The van der Waals surface area contributed by atoms with Crippen molar-refractivity contribution in [3.8, 4) is 0 Å². The molecule has 2 rings (SSSR count). The molecule has 1 fully saturated rings. The number of carbonyl (C=O) groups is 1. The van der Waals surface area contributed by atoms with Crippen LogP contribution in [0.15, 0.2) is 12.4 Å². The van der Waals surface area contributed by atoms with E-state index >= 15 is 0 Å². The molecule has 2 unspecified atom stereocenters. The van der Waals surface area contributed by atoms with Crippen LogP contribution in [0.2, 0.25) is 0 Å². The minimum absolute atomic E-state index is 0.130. The minimum atomic E-state index is -0.130. The Kier molecular flexibility index (Phi) is 5.96. The summed E-state index contributed by atoms with van der Waals surface area (Å²) in [5.41, 5.74) is 0.383. The second-order valence-electron chi connectivity index (χ2n) is 6.00. The number of hydrogen-bond donors (Lipinski definition) is 2. The molecule has 21 heavy (non-hydrogen) atoms. The van der Waals surface area contributed by atoms with Crippen LogP contribution in [-0.2, 0) is 0 Å². The van der Waals surface area contributed by atoms with E-state index in [2.05, 4.69) is 27.5 Å². The Bertz CT molecular complexity index is 446. The molecule has 2 N–H and O–H groups in total. The van der Waals surface area contributed by atoms with Crippen molar-refractivity contribution >= 4 is 11.7 Å². The lowest BCUT2D eigenvalue weighted by Gasteiger charge is -2.26. The number of carbonyl (C=O) groups excluding carboxylic acids is 1. The lowest BCUT2D eigenvalue weighted by atomic mass is 9.81. The second-order valence-corrected chi connectivity index (χ2v) is 6.00. The maximum Gasteiger partial charge on any atom is 0.271 e. The van der Waals surface area contributed by atoms with Crippen LogP contribution in [0.5, 0.6) is 0 Å². The summed E-state index contributed by atoms with van der Waals surface area (Å²) >= 11 is 0. The van der Waals surface area contributed by atoms with Gasteiger partial charge >= 0.3 is 0 Å². The highest BCUT2D eigenvalue weighted by atomic mass is 16.1. The number of rotatable bonds is 6. The fourth-order valence-electron chi connectivity index (χ4n) is 3.02. The van der Waals surface area contributed by atoms with Crippen molar-refractivity contribution in [2.45, 2.75) is 46.0 Å². The van der Waals surface area contributed by atoms with Crippen molar-refractivity contribution in [2.75, 3.05) is 18.4 Å². The number of amides is 1. The van der Waals surface area contributed by atoms with Crippen LogP contribution in [-0.4, -0.2) is 29.0 Å². The molecule has 1 saturated carbocycles. The van der Waals surface area contributed by atoms with Crippen molar-refractivity contribution in [3.63, 3.8) is 0 Å². The SMILES string of the molecule is CCNc1cnc(C(=O)NCCC2CCCC(C)C2)cn1. The highest BCUT2D eigenvalue weighted by molar-refractivity contribution is 5.91. The van der Waals surface area contributed by atoms with Gasteiger partial charge in [0.15, 0.2) is 0 Å². The van der Waals surface area contributed by atoms with Gasteiger partial charge in [-0.3, -0.25) is 4.79 Å². The highest BCUT2D eigenvalue weighted by Gasteiger charge is 2.18. The summed E-state index contributed by atoms with van der Waals surface area (Å²) in [5, 5.41) is 6.01. The van der Waals surface area contributed by atoms with E-state index in [1.54, 1.807) is 6.20 Å². The summed E-state index contributed by atoms with van der Waals surface area (Å²) in [4.78, 5) is 20.3. The van der Waals surface area contributed by atoms with E-state index < -0.39 is 0 Å². The molecule has 2 atom stereocenters. The molecule has 5 nitrogen and oxygen atoms in total. The Morgan fingerprint density at radius 1 is 1.33 bits per heavy atom. The van der Waals surface area contributed by atoms with Gasteiger partial charge in [-0.25, -0.2) is 9.97 Å². The van der Waals surface area contributed by atoms with Gasteiger partial charge in [-0.2, -0.15) is 0 Å². The van der Waals surface area contributed by atoms with Crippen LogP contribution in [0.3, 0.4) is 0 Å². The van der Waals surface area contributed by atoms with Gasteiger partial charge in [-0.1, -0.05) is 26.2 Å². The second kappa shape index (κ2) is 7.96. The summed E-state index contributed by atoms with van der Waals surface area (Å²) in [6.45, 7) is 5.84. The molecule has 0 saturated heterocycles. The standard InChI is InChI=1S/C16H26N4O/c1-3-17-15-11-19-14(10-20-15)16(21)18-8-7-13-6-4-5-12(2)9-13/h10-13H,3-9H2,1-2H3,(H,17,20)(H,18,21). The molecule has 0 bridgehead atoms. The average Bonchev–Trinajstić information content (AvgIpc) is 2.48. The van der Waals surface area contributed by atoms with E-state index in [1.807, 2.05) is 6.92 Å². The summed E-state index contributed by atoms with van der Waals surface area (Å²) in [6.07, 6.45) is 9.48. The lowest BCUT2D eigenvalue weighted by Crippen LogP contribution is -2.28. The van der Waals surface area contributed by atoms with Crippen LogP contribution >= 0.6 is 0 Å². The van der Waals surface area contributed by atoms with Crippen molar-refractivity contribution in [2.24, 2.45) is 11.8 Å². The number of aromatic nitrogens is 2. The van der Waals surface area contributed by atoms with E-state index in [0.717, 1.165) is 31.3 Å². The zero-order chi connectivity index (χ0) is 15.1. The van der Waals surface area contributed by atoms with Gasteiger partial charge in [-0.05, 0) is 31.6 Å². The van der Waals surface area contributed by atoms with Crippen molar-refractivity contribution in [1.82, 2.24) is 15.3 Å². The first-order valence-electron chi connectivity index (χ1n) is 8.03. The van der Waals surface area contributed by atoms with Crippen LogP contribution in [0.1, 0.15) is 56.4 Å². The quantitative estimate of drug-likeness (QED) is 0.845. The van der Waals surface area contributed by atoms with Crippen molar-refractivity contribution in [1.29, 1.82) is 0 Å². The first-order chi connectivity index (χ1) is 10.2. The molecule has 0 radical (unpaired) electrons. The third kappa shape index (κ3) is 4.99. The fraction of sp³-hybridized carbons (Fsp3) is 0.688. The van der Waals surface area contributed by atoms with Crippen LogP contribution < -0.4 is 10.6 Å². The Morgan fingerprint density at radius 2 is 2.19 bits per heavy atom. The molecule has 1 heterocycles. The molecule has 0 aliphatic heterocycles. The van der Waals surface area contributed by atoms with Crippen LogP contribution in [0, 0.1) is 11.8 Å². The highest BCUT2D eigenvalue weighted by Crippen LogP contribution is 2.30. The molecule has 1 aromatic rings. The minimum Gasteiger partial charge on any atom is -0.369 e. The Labute approximate surface area is 127 Å². The number of nitrogens with one attached hydrogen (secondary N) is 2. The number of hydrogen-bond acceptors (Lipinski definition) is 4. The van der Waals surface area contributed by atoms with Crippen LogP contribution in [0.4, 0.5) is 5.82 Å². The summed E-state index contributed by atoms with van der Waals surface area (Å²) in [7, 11) is 0. The van der Waals surface area contributed by atoms with E-state index in [0.29, 0.717) is 11.5 Å². The lowest BCUT2D eigenvalue weighted by molar-refractivity contribution is 0.0944. The summed E-state index contributed by atoms with van der Waals surface area (Å²) < 4.78 is 0. The van der Waals surface area contributed by atoms with Gasteiger partial charge in [0.05, 0.1) is 12.4 Å². The third-order valence-corrected chi connectivity index (χ3v) is 4.13. The smallest absolute Gasteiger partial charge is 0.271 e. The fourth-order valence-corrected chi connectivity index (χ4v) is 3.02. The predicted molar refractivity (Wildman–Crippen MR) is 84.3 cm³/mol. The molecule has 0 aromatic carbocycles. The molecule has 5 heteroatoms. The molecule has 0 spiro atoms. The molecule has 1 aliphatic carbocycles. The third-order valence-electron chi connectivity index (χ3n) is 4.13.